The van der Waals surface area contributed by atoms with Crippen molar-refractivity contribution in [2.45, 2.75) is 123 Å². The number of alkyl carbamates (subject to hydrolysis) is 1. The molecule has 9 nitrogen and oxygen atoms in total. The van der Waals surface area contributed by atoms with Crippen LogP contribution in [0.4, 0.5) is 4.79 Å². The summed E-state index contributed by atoms with van der Waals surface area (Å²) in [6.45, 7) is 18.3. The van der Waals surface area contributed by atoms with E-state index in [0.29, 0.717) is 24.8 Å². The minimum atomic E-state index is -1.10. The van der Waals surface area contributed by atoms with Gasteiger partial charge in [0.2, 0.25) is 11.8 Å². The van der Waals surface area contributed by atoms with Crippen LogP contribution in [-0.4, -0.2) is 58.1 Å². The lowest BCUT2D eigenvalue weighted by Gasteiger charge is -2.44. The van der Waals surface area contributed by atoms with Gasteiger partial charge in [-0.05, 0) is 89.5 Å². The molecule has 0 radical (unpaired) electrons. The van der Waals surface area contributed by atoms with E-state index in [1.807, 2.05) is 62.4 Å². The van der Waals surface area contributed by atoms with Crippen molar-refractivity contribution in [3.8, 4) is 0 Å². The van der Waals surface area contributed by atoms with E-state index in [2.05, 4.69) is 17.2 Å². The molecule has 2 aromatic rings. The highest BCUT2D eigenvalue weighted by atomic mass is 16.6. The molecule has 1 saturated carbocycles. The van der Waals surface area contributed by atoms with Crippen molar-refractivity contribution in [2.75, 3.05) is 0 Å². The third-order valence-electron chi connectivity index (χ3n) is 8.15. The summed E-state index contributed by atoms with van der Waals surface area (Å²) in [5, 5.41) is 5.79. The van der Waals surface area contributed by atoms with E-state index in [1.54, 1.807) is 58.6 Å². The molecule has 0 aliphatic heterocycles. The molecule has 0 aromatic heterocycles. The first-order valence-electron chi connectivity index (χ1n) is 16.6. The number of esters is 1. The zero-order valence-corrected chi connectivity index (χ0v) is 29.3. The molecule has 0 saturated heterocycles. The number of carbonyl (C=O) groups excluding carboxylic acids is 4. The minimum Gasteiger partial charge on any atom is -0.458 e. The highest BCUT2D eigenvalue weighted by molar-refractivity contribution is 5.94. The van der Waals surface area contributed by atoms with E-state index in [-0.39, 0.29) is 24.3 Å². The lowest BCUT2D eigenvalue weighted by molar-refractivity contribution is -0.159. The third kappa shape index (κ3) is 11.0. The summed E-state index contributed by atoms with van der Waals surface area (Å²) >= 11 is 0. The maximum atomic E-state index is 14.7. The van der Waals surface area contributed by atoms with E-state index >= 15 is 0 Å². The van der Waals surface area contributed by atoms with Gasteiger partial charge in [-0.2, -0.15) is 0 Å². The molecule has 3 amide bonds. The van der Waals surface area contributed by atoms with Gasteiger partial charge in [0, 0.05) is 12.5 Å². The summed E-state index contributed by atoms with van der Waals surface area (Å²) in [5.74, 6) is -1.72. The smallest absolute Gasteiger partial charge is 0.408 e. The number of hydrogen-bond donors (Lipinski definition) is 2. The quantitative estimate of drug-likeness (QED) is 0.232. The zero-order chi connectivity index (χ0) is 34.9. The Morgan fingerprint density at radius 2 is 1.57 bits per heavy atom. The molecule has 0 heterocycles. The Bertz CT molecular complexity index is 1390. The molecule has 4 unspecified atom stereocenters. The zero-order valence-electron chi connectivity index (χ0n) is 29.3. The minimum absolute atomic E-state index is 0.202. The van der Waals surface area contributed by atoms with E-state index in [1.165, 1.54) is 0 Å². The van der Waals surface area contributed by atoms with Crippen LogP contribution < -0.4 is 10.6 Å². The Balaban J connectivity index is 2.10. The number of benzene rings is 2. The number of nitrogens with one attached hydrogen (secondary N) is 2. The van der Waals surface area contributed by atoms with Crippen LogP contribution in [0.1, 0.15) is 104 Å². The Labute approximate surface area is 280 Å². The number of amides is 3. The van der Waals surface area contributed by atoms with Gasteiger partial charge in [-0.3, -0.25) is 9.59 Å². The first-order valence-corrected chi connectivity index (χ1v) is 16.6. The SMILES string of the molecule is C=Cc1cccc(C(C(=O)NC(Cc2ccccc2)C(=O)OC(C)(C)C)N(C(=O)C(NC(=O)OC(C)(C)C)C(C)CC)C2CCC2)c1. The monoisotopic (exact) mass is 647 g/mol. The number of ether oxygens (including phenoxy) is 2. The summed E-state index contributed by atoms with van der Waals surface area (Å²) < 4.78 is 11.3. The molecule has 4 atom stereocenters. The molecule has 0 spiro atoms. The second kappa shape index (κ2) is 16.1. The second-order valence-electron chi connectivity index (χ2n) is 14.4. The van der Waals surface area contributed by atoms with Crippen LogP contribution in [0, 0.1) is 5.92 Å². The van der Waals surface area contributed by atoms with Crippen LogP contribution in [0.3, 0.4) is 0 Å². The van der Waals surface area contributed by atoms with Gasteiger partial charge in [0.1, 0.15) is 29.3 Å². The lowest BCUT2D eigenvalue weighted by atomic mass is 9.86. The van der Waals surface area contributed by atoms with Crippen LogP contribution in [0.25, 0.3) is 6.08 Å². The van der Waals surface area contributed by atoms with E-state index in [0.717, 1.165) is 17.5 Å². The molecular formula is C38H53N3O6. The summed E-state index contributed by atoms with van der Waals surface area (Å²) in [7, 11) is 0. The Morgan fingerprint density at radius 3 is 2.11 bits per heavy atom. The molecule has 1 fully saturated rings. The highest BCUT2D eigenvalue weighted by Gasteiger charge is 2.44. The number of hydrogen-bond acceptors (Lipinski definition) is 6. The molecule has 1 aliphatic rings. The van der Waals surface area contributed by atoms with Gasteiger partial charge in [0.05, 0.1) is 0 Å². The summed E-state index contributed by atoms with van der Waals surface area (Å²) in [6.07, 6.45) is 4.09. The molecule has 1 aliphatic carbocycles. The fourth-order valence-electron chi connectivity index (χ4n) is 5.42. The average molecular weight is 648 g/mol. The van der Waals surface area contributed by atoms with Gasteiger partial charge in [0.25, 0.3) is 0 Å². The van der Waals surface area contributed by atoms with Gasteiger partial charge in [-0.15, -0.1) is 0 Å². The third-order valence-corrected chi connectivity index (χ3v) is 8.15. The van der Waals surface area contributed by atoms with Crippen LogP contribution in [0.5, 0.6) is 0 Å². The largest absolute Gasteiger partial charge is 0.458 e. The fraction of sp³-hybridized carbons (Fsp3) is 0.526. The molecule has 3 rings (SSSR count). The number of carbonyl (C=O) groups is 4. The Kier molecular flexibility index (Phi) is 12.8. The normalized spacial score (nSPS) is 16.0. The van der Waals surface area contributed by atoms with Crippen molar-refractivity contribution >= 4 is 30.0 Å². The van der Waals surface area contributed by atoms with Crippen molar-refractivity contribution in [3.05, 3.63) is 77.9 Å². The van der Waals surface area contributed by atoms with Gasteiger partial charge in [0.15, 0.2) is 0 Å². The van der Waals surface area contributed by atoms with E-state index in [9.17, 15) is 19.2 Å². The second-order valence-corrected chi connectivity index (χ2v) is 14.4. The fourth-order valence-corrected chi connectivity index (χ4v) is 5.42. The number of rotatable bonds is 13. The van der Waals surface area contributed by atoms with Gasteiger partial charge in [-0.1, -0.05) is 81.5 Å². The van der Waals surface area contributed by atoms with Crippen LogP contribution in [-0.2, 0) is 30.3 Å². The molecule has 0 bridgehead atoms. The van der Waals surface area contributed by atoms with E-state index in [4.69, 9.17) is 9.47 Å². The number of nitrogens with zero attached hydrogens (tertiary/aromatic N) is 1. The Morgan fingerprint density at radius 1 is 0.936 bits per heavy atom. The van der Waals surface area contributed by atoms with Crippen LogP contribution in [0.15, 0.2) is 61.2 Å². The van der Waals surface area contributed by atoms with Crippen molar-refractivity contribution in [1.82, 2.24) is 15.5 Å². The molecule has 2 aromatic carbocycles. The standard InChI is InChI=1S/C38H53N3O6/c1-10-25(3)31(40-36(45)47-38(7,8)9)34(43)41(29-21-16-22-29)32(28-20-15-19-26(11-2)23-28)33(42)39-30(35(44)46-37(4,5)6)24-27-17-13-12-14-18-27/h11-15,17-20,23,25,29-32H,2,10,16,21-22,24H2,1,3-9H3,(H,39,42)(H,40,45). The predicted octanol–water partition coefficient (Wildman–Crippen LogP) is 6.76. The van der Waals surface area contributed by atoms with E-state index < -0.39 is 47.3 Å². The van der Waals surface area contributed by atoms with Crippen molar-refractivity contribution in [3.63, 3.8) is 0 Å². The lowest BCUT2D eigenvalue weighted by Crippen LogP contribution is -2.60. The van der Waals surface area contributed by atoms with Gasteiger partial charge in [-0.25, -0.2) is 9.59 Å². The molecule has 47 heavy (non-hydrogen) atoms. The van der Waals surface area contributed by atoms with Crippen molar-refractivity contribution in [2.24, 2.45) is 5.92 Å². The summed E-state index contributed by atoms with van der Waals surface area (Å²) in [4.78, 5) is 57.5. The molecular weight excluding hydrogens is 594 g/mol. The average Bonchev–Trinajstić information content (AvgIpc) is 2.96. The predicted molar refractivity (Wildman–Crippen MR) is 184 cm³/mol. The summed E-state index contributed by atoms with van der Waals surface area (Å²) in [6, 6.07) is 13.4. The molecule has 256 valence electrons. The first kappa shape index (κ1) is 37.3. The summed E-state index contributed by atoms with van der Waals surface area (Å²) in [5.41, 5.74) is 0.657. The topological polar surface area (TPSA) is 114 Å². The molecule has 9 heteroatoms. The van der Waals surface area contributed by atoms with Gasteiger partial charge < -0.3 is 25.0 Å². The maximum Gasteiger partial charge on any atom is 0.408 e. The highest BCUT2D eigenvalue weighted by Crippen LogP contribution is 2.35. The molecule has 2 N–H and O–H groups in total. The van der Waals surface area contributed by atoms with Crippen molar-refractivity contribution in [1.29, 1.82) is 0 Å². The Hall–Kier alpha value is -4.14. The van der Waals surface area contributed by atoms with Gasteiger partial charge >= 0.3 is 12.1 Å². The van der Waals surface area contributed by atoms with Crippen LogP contribution in [0.2, 0.25) is 0 Å². The first-order chi connectivity index (χ1) is 22.0. The maximum absolute atomic E-state index is 14.7. The van der Waals surface area contributed by atoms with Crippen LogP contribution >= 0.6 is 0 Å². The van der Waals surface area contributed by atoms with Crippen molar-refractivity contribution < 1.29 is 28.7 Å².